The highest BCUT2D eigenvalue weighted by atomic mass is 32.1. The van der Waals surface area contributed by atoms with Gasteiger partial charge in [-0.1, -0.05) is 12.1 Å². The number of halogens is 1. The Balaban J connectivity index is 1.20. The van der Waals surface area contributed by atoms with Gasteiger partial charge in [-0.05, 0) is 44.4 Å². The molecule has 168 valence electrons. The number of fused-ring (bicyclic) bond motifs is 1. The van der Waals surface area contributed by atoms with Gasteiger partial charge in [-0.3, -0.25) is 4.79 Å². The van der Waals surface area contributed by atoms with Crippen LogP contribution < -0.4 is 9.80 Å². The summed E-state index contributed by atoms with van der Waals surface area (Å²) in [5, 5.41) is 1.16. The summed E-state index contributed by atoms with van der Waals surface area (Å²) in [6.45, 7) is 8.54. The van der Waals surface area contributed by atoms with E-state index in [-0.39, 0.29) is 17.6 Å². The minimum absolute atomic E-state index is 0.0499. The number of hydrogen-bond donors (Lipinski definition) is 0. The van der Waals surface area contributed by atoms with Gasteiger partial charge in [-0.2, -0.15) is 0 Å². The van der Waals surface area contributed by atoms with Crippen molar-refractivity contribution in [2.75, 3.05) is 49.1 Å². The van der Waals surface area contributed by atoms with Crippen LogP contribution in [-0.4, -0.2) is 60.0 Å². The quantitative estimate of drug-likeness (QED) is 0.600. The molecule has 4 heterocycles. The first-order chi connectivity index (χ1) is 15.5. The predicted molar refractivity (Wildman–Crippen MR) is 127 cm³/mol. The summed E-state index contributed by atoms with van der Waals surface area (Å²) in [5.41, 5.74) is 1.88. The van der Waals surface area contributed by atoms with Crippen molar-refractivity contribution in [2.24, 2.45) is 5.92 Å². The standard InChI is InChI=1S/C24H28FN5OS/c1-16-17(2)32-23-21(16)22(26-15-27-23)29-9-7-18(8-10-29)24(31)30-13-11-28(12-14-30)20-6-4-3-5-19(20)25/h3-6,15,18H,7-14H2,1-2H3. The first-order valence-corrected chi connectivity index (χ1v) is 12.1. The Labute approximate surface area is 191 Å². The van der Waals surface area contributed by atoms with Crippen LogP contribution in [0.5, 0.6) is 0 Å². The number of aryl methyl sites for hydroxylation is 2. The second-order valence-electron chi connectivity index (χ2n) is 8.69. The zero-order valence-electron chi connectivity index (χ0n) is 18.6. The molecule has 0 saturated carbocycles. The molecule has 1 amide bonds. The highest BCUT2D eigenvalue weighted by molar-refractivity contribution is 7.18. The average Bonchev–Trinajstić information content (AvgIpc) is 3.13. The number of anilines is 2. The van der Waals surface area contributed by atoms with E-state index < -0.39 is 0 Å². The largest absolute Gasteiger partial charge is 0.366 e. The number of amides is 1. The number of rotatable bonds is 3. The molecule has 6 nitrogen and oxygen atoms in total. The molecule has 0 aliphatic carbocycles. The minimum atomic E-state index is -0.200. The number of nitrogens with zero attached hydrogens (tertiary/aromatic N) is 5. The number of benzene rings is 1. The Hall–Kier alpha value is -2.74. The van der Waals surface area contributed by atoms with E-state index in [1.807, 2.05) is 21.9 Å². The van der Waals surface area contributed by atoms with Crippen LogP contribution in [0.3, 0.4) is 0 Å². The normalized spacial score (nSPS) is 17.9. The second kappa shape index (κ2) is 8.65. The Kier molecular flexibility index (Phi) is 5.71. The molecule has 5 rings (SSSR count). The van der Waals surface area contributed by atoms with Crippen LogP contribution in [0.1, 0.15) is 23.3 Å². The van der Waals surface area contributed by atoms with E-state index >= 15 is 0 Å². The molecule has 0 unspecified atom stereocenters. The van der Waals surface area contributed by atoms with E-state index in [9.17, 15) is 9.18 Å². The Morgan fingerprint density at radius 1 is 1.00 bits per heavy atom. The zero-order valence-corrected chi connectivity index (χ0v) is 19.4. The van der Waals surface area contributed by atoms with Gasteiger partial charge in [0.25, 0.3) is 0 Å². The third-order valence-corrected chi connectivity index (χ3v) is 7.99. The van der Waals surface area contributed by atoms with E-state index in [0.29, 0.717) is 31.9 Å². The molecule has 0 bridgehead atoms. The van der Waals surface area contributed by atoms with Crippen LogP contribution in [0.25, 0.3) is 10.2 Å². The molecule has 0 N–H and O–H groups in total. The van der Waals surface area contributed by atoms with Crippen molar-refractivity contribution in [3.63, 3.8) is 0 Å². The smallest absolute Gasteiger partial charge is 0.225 e. The molecule has 2 aromatic heterocycles. The maximum atomic E-state index is 14.1. The maximum Gasteiger partial charge on any atom is 0.225 e. The summed E-state index contributed by atoms with van der Waals surface area (Å²) in [7, 11) is 0. The van der Waals surface area contributed by atoms with Crippen molar-refractivity contribution in [3.8, 4) is 0 Å². The van der Waals surface area contributed by atoms with Crippen LogP contribution in [0, 0.1) is 25.6 Å². The van der Waals surface area contributed by atoms with Gasteiger partial charge < -0.3 is 14.7 Å². The van der Waals surface area contributed by atoms with Crippen molar-refractivity contribution in [2.45, 2.75) is 26.7 Å². The van der Waals surface area contributed by atoms with Gasteiger partial charge in [0.1, 0.15) is 22.8 Å². The van der Waals surface area contributed by atoms with Crippen molar-refractivity contribution in [3.05, 3.63) is 46.9 Å². The molecular weight excluding hydrogens is 425 g/mol. The molecule has 3 aromatic rings. The monoisotopic (exact) mass is 453 g/mol. The molecule has 1 aromatic carbocycles. The van der Waals surface area contributed by atoms with Gasteiger partial charge in [-0.15, -0.1) is 11.3 Å². The zero-order chi connectivity index (χ0) is 22.2. The third kappa shape index (κ3) is 3.81. The summed E-state index contributed by atoms with van der Waals surface area (Å²) in [6.07, 6.45) is 3.32. The van der Waals surface area contributed by atoms with E-state index in [4.69, 9.17) is 0 Å². The van der Waals surface area contributed by atoms with Crippen LogP contribution in [0.15, 0.2) is 30.6 Å². The fourth-order valence-corrected chi connectivity index (χ4v) is 5.87. The highest BCUT2D eigenvalue weighted by Crippen LogP contribution is 2.36. The molecule has 0 spiro atoms. The van der Waals surface area contributed by atoms with Crippen LogP contribution in [0.2, 0.25) is 0 Å². The van der Waals surface area contributed by atoms with E-state index in [0.717, 1.165) is 42.0 Å². The molecule has 2 aliphatic heterocycles. The van der Waals surface area contributed by atoms with Gasteiger partial charge in [0.05, 0.1) is 11.1 Å². The molecule has 2 saturated heterocycles. The molecule has 32 heavy (non-hydrogen) atoms. The molecule has 2 fully saturated rings. The number of thiophene rings is 1. The Morgan fingerprint density at radius 3 is 2.44 bits per heavy atom. The van der Waals surface area contributed by atoms with Crippen molar-refractivity contribution in [1.29, 1.82) is 0 Å². The fraction of sp³-hybridized carbons (Fsp3) is 0.458. The lowest BCUT2D eigenvalue weighted by atomic mass is 9.94. The average molecular weight is 454 g/mol. The summed E-state index contributed by atoms with van der Waals surface area (Å²) < 4.78 is 14.1. The Morgan fingerprint density at radius 2 is 1.72 bits per heavy atom. The molecule has 8 heteroatoms. The minimum Gasteiger partial charge on any atom is -0.366 e. The fourth-order valence-electron chi connectivity index (χ4n) is 4.88. The number of carbonyl (C=O) groups excluding carboxylic acids is 1. The molecule has 2 aliphatic rings. The number of carbonyl (C=O) groups is 1. The topological polar surface area (TPSA) is 52.6 Å². The summed E-state index contributed by atoms with van der Waals surface area (Å²) in [4.78, 5) is 30.8. The van der Waals surface area contributed by atoms with Gasteiger partial charge >= 0.3 is 0 Å². The van der Waals surface area contributed by atoms with Crippen LogP contribution >= 0.6 is 11.3 Å². The summed E-state index contributed by atoms with van der Waals surface area (Å²) in [5.74, 6) is 1.10. The molecule has 0 radical (unpaired) electrons. The van der Waals surface area contributed by atoms with Crippen molar-refractivity contribution < 1.29 is 9.18 Å². The SMILES string of the molecule is Cc1sc2ncnc(N3CCC(C(=O)N4CCN(c5ccccc5F)CC4)CC3)c2c1C. The lowest BCUT2D eigenvalue weighted by molar-refractivity contribution is -0.136. The number of aromatic nitrogens is 2. The molecule has 0 atom stereocenters. The summed E-state index contributed by atoms with van der Waals surface area (Å²) >= 11 is 1.71. The van der Waals surface area contributed by atoms with Gasteiger partial charge in [0, 0.05) is 50.1 Å². The lowest BCUT2D eigenvalue weighted by Gasteiger charge is -2.39. The second-order valence-corrected chi connectivity index (χ2v) is 9.89. The van der Waals surface area contributed by atoms with E-state index in [1.165, 1.54) is 16.5 Å². The number of piperidine rings is 1. The maximum absolute atomic E-state index is 14.1. The van der Waals surface area contributed by atoms with Crippen LogP contribution in [0.4, 0.5) is 15.9 Å². The van der Waals surface area contributed by atoms with Gasteiger partial charge in [0.2, 0.25) is 5.91 Å². The highest BCUT2D eigenvalue weighted by Gasteiger charge is 2.32. The molecular formula is C24H28FN5OS. The first-order valence-electron chi connectivity index (χ1n) is 11.3. The van der Waals surface area contributed by atoms with Gasteiger partial charge in [-0.25, -0.2) is 14.4 Å². The predicted octanol–water partition coefficient (Wildman–Crippen LogP) is 4.01. The third-order valence-electron chi connectivity index (χ3n) is 6.87. The lowest BCUT2D eigenvalue weighted by Crippen LogP contribution is -2.52. The van der Waals surface area contributed by atoms with Gasteiger partial charge in [0.15, 0.2) is 0 Å². The van der Waals surface area contributed by atoms with Crippen LogP contribution in [-0.2, 0) is 4.79 Å². The van der Waals surface area contributed by atoms with Crippen molar-refractivity contribution >= 4 is 39.0 Å². The number of piperazine rings is 1. The Bertz CT molecular complexity index is 1130. The van der Waals surface area contributed by atoms with Crippen molar-refractivity contribution in [1.82, 2.24) is 14.9 Å². The number of para-hydroxylation sites is 1. The summed E-state index contributed by atoms with van der Waals surface area (Å²) in [6, 6.07) is 6.86. The number of hydrogen-bond acceptors (Lipinski definition) is 6. The van der Waals surface area contributed by atoms with E-state index in [2.05, 4.69) is 28.7 Å². The first kappa shape index (κ1) is 21.1. The van der Waals surface area contributed by atoms with E-state index in [1.54, 1.807) is 23.7 Å².